The maximum atomic E-state index is 12.1. The van der Waals surface area contributed by atoms with Gasteiger partial charge in [-0.1, -0.05) is 76.8 Å². The van der Waals surface area contributed by atoms with Crippen molar-refractivity contribution in [2.24, 2.45) is 5.92 Å². The molecule has 1 heterocycles. The quantitative estimate of drug-likeness (QED) is 0.574. The zero-order valence-electron chi connectivity index (χ0n) is 13.9. The van der Waals surface area contributed by atoms with E-state index in [0.29, 0.717) is 0 Å². The topological polar surface area (TPSA) is 26.3 Å². The molecular weight excluding hydrogens is 276 g/mol. The maximum absolute atomic E-state index is 12.1. The molecule has 0 saturated carbocycles. The summed E-state index contributed by atoms with van der Waals surface area (Å²) in [4.78, 5) is 12.1. The summed E-state index contributed by atoms with van der Waals surface area (Å²) in [5, 5.41) is 0.236. The molecule has 2 atom stereocenters. The van der Waals surface area contributed by atoms with E-state index in [2.05, 4.69) is 51.7 Å². The summed E-state index contributed by atoms with van der Waals surface area (Å²) < 4.78 is 5.63. The highest BCUT2D eigenvalue weighted by Gasteiger charge is 2.42. The summed E-state index contributed by atoms with van der Waals surface area (Å²) in [5.41, 5.74) is 3.45. The normalized spacial score (nSPS) is 25.2. The van der Waals surface area contributed by atoms with Crippen LogP contribution in [0.3, 0.4) is 0 Å². The SMILES string of the molecule is C[C@@H]1C(=O)O/C(=C\[Si](C)(C)C(C)(C)C)[C@H]1c1ccccc1. The molecule has 1 saturated heterocycles. The average molecular weight is 302 g/mol. The van der Waals surface area contributed by atoms with Gasteiger partial charge < -0.3 is 4.74 Å². The molecule has 0 aromatic heterocycles. The Balaban J connectivity index is 2.45. The van der Waals surface area contributed by atoms with E-state index in [-0.39, 0.29) is 22.8 Å². The molecule has 1 aliphatic rings. The number of allylic oxidation sites excluding steroid dienone is 1. The number of esters is 1. The zero-order valence-corrected chi connectivity index (χ0v) is 14.9. The number of cyclic esters (lactones) is 1. The first kappa shape index (κ1) is 16.0. The monoisotopic (exact) mass is 302 g/mol. The summed E-state index contributed by atoms with van der Waals surface area (Å²) in [6, 6.07) is 10.2. The van der Waals surface area contributed by atoms with Gasteiger partial charge in [0, 0.05) is 0 Å². The summed E-state index contributed by atoms with van der Waals surface area (Å²) in [7, 11) is -1.64. The number of benzene rings is 1. The van der Waals surface area contributed by atoms with E-state index in [1.165, 1.54) is 5.56 Å². The predicted octanol–water partition coefficient (Wildman–Crippen LogP) is 4.89. The highest BCUT2D eigenvalue weighted by molar-refractivity contribution is 6.84. The largest absolute Gasteiger partial charge is 0.431 e. The van der Waals surface area contributed by atoms with Crippen molar-refractivity contribution in [3.8, 4) is 0 Å². The molecular formula is C18H26O2Si. The van der Waals surface area contributed by atoms with E-state index in [4.69, 9.17) is 4.74 Å². The van der Waals surface area contributed by atoms with Crippen molar-refractivity contribution in [2.75, 3.05) is 0 Å². The lowest BCUT2D eigenvalue weighted by Gasteiger charge is -2.34. The summed E-state index contributed by atoms with van der Waals surface area (Å²) in [5.74, 6) is 0.718. The fourth-order valence-corrected chi connectivity index (χ4v) is 3.84. The fraction of sp³-hybridized carbons (Fsp3) is 0.500. The Morgan fingerprint density at radius 3 is 2.24 bits per heavy atom. The van der Waals surface area contributed by atoms with Crippen molar-refractivity contribution in [1.82, 2.24) is 0 Å². The molecule has 0 aliphatic carbocycles. The highest BCUT2D eigenvalue weighted by atomic mass is 28.3. The van der Waals surface area contributed by atoms with E-state index >= 15 is 0 Å². The number of carbonyl (C=O) groups is 1. The molecule has 2 nitrogen and oxygen atoms in total. The van der Waals surface area contributed by atoms with Crippen LogP contribution in [0, 0.1) is 5.92 Å². The Bertz CT molecular complexity index is 552. The Morgan fingerprint density at radius 2 is 1.71 bits per heavy atom. The first-order valence-corrected chi connectivity index (χ1v) is 10.7. The molecule has 3 heteroatoms. The van der Waals surface area contributed by atoms with Gasteiger partial charge in [-0.3, -0.25) is 4.79 Å². The van der Waals surface area contributed by atoms with Gasteiger partial charge in [0.1, 0.15) is 5.76 Å². The lowest BCUT2D eigenvalue weighted by Crippen LogP contribution is -2.35. The Hall–Kier alpha value is -1.35. The predicted molar refractivity (Wildman–Crippen MR) is 89.7 cm³/mol. The Kier molecular flexibility index (Phi) is 4.16. The van der Waals surface area contributed by atoms with Crippen LogP contribution < -0.4 is 0 Å². The van der Waals surface area contributed by atoms with Gasteiger partial charge >= 0.3 is 5.97 Å². The van der Waals surface area contributed by atoms with Gasteiger partial charge in [-0.15, -0.1) is 0 Å². The summed E-state index contributed by atoms with van der Waals surface area (Å²) in [6.45, 7) is 13.4. The van der Waals surface area contributed by atoms with Crippen molar-refractivity contribution in [2.45, 2.75) is 51.7 Å². The molecule has 1 aromatic carbocycles. The number of carbonyl (C=O) groups excluding carboxylic acids is 1. The van der Waals surface area contributed by atoms with Crippen LogP contribution in [0.4, 0.5) is 0 Å². The third-order valence-corrected chi connectivity index (χ3v) is 9.86. The average Bonchev–Trinajstić information content (AvgIpc) is 2.64. The van der Waals surface area contributed by atoms with Gasteiger partial charge in [0.2, 0.25) is 0 Å². The molecule has 0 amide bonds. The number of rotatable bonds is 2. The van der Waals surface area contributed by atoms with Crippen LogP contribution in [0.5, 0.6) is 0 Å². The van der Waals surface area contributed by atoms with E-state index in [1.807, 2.05) is 25.1 Å². The van der Waals surface area contributed by atoms with Crippen molar-refractivity contribution in [3.05, 3.63) is 47.4 Å². The van der Waals surface area contributed by atoms with Crippen LogP contribution in [0.1, 0.15) is 39.2 Å². The third kappa shape index (κ3) is 3.13. The Morgan fingerprint density at radius 1 is 1.14 bits per heavy atom. The van der Waals surface area contributed by atoms with Crippen LogP contribution in [-0.2, 0) is 9.53 Å². The van der Waals surface area contributed by atoms with Gasteiger partial charge in [-0.2, -0.15) is 0 Å². The van der Waals surface area contributed by atoms with E-state index < -0.39 is 8.07 Å². The van der Waals surface area contributed by atoms with Crippen LogP contribution >= 0.6 is 0 Å². The van der Waals surface area contributed by atoms with Gasteiger partial charge in [-0.25, -0.2) is 0 Å². The molecule has 2 rings (SSSR count). The number of hydrogen-bond acceptors (Lipinski definition) is 2. The second kappa shape index (κ2) is 5.45. The first-order chi connectivity index (χ1) is 9.63. The van der Waals surface area contributed by atoms with Crippen LogP contribution in [0.2, 0.25) is 18.1 Å². The fourth-order valence-electron chi connectivity index (χ4n) is 2.46. The lowest BCUT2D eigenvalue weighted by atomic mass is 9.88. The van der Waals surface area contributed by atoms with E-state index in [9.17, 15) is 4.79 Å². The minimum Gasteiger partial charge on any atom is -0.431 e. The highest BCUT2D eigenvalue weighted by Crippen LogP contribution is 2.44. The molecule has 0 N–H and O–H groups in total. The molecule has 1 aliphatic heterocycles. The second-order valence-electron chi connectivity index (χ2n) is 7.62. The zero-order chi connectivity index (χ0) is 15.8. The third-order valence-electron chi connectivity index (χ3n) is 4.99. The van der Waals surface area contributed by atoms with Crippen LogP contribution in [-0.4, -0.2) is 14.0 Å². The second-order valence-corrected chi connectivity index (χ2v) is 12.8. The molecule has 114 valence electrons. The van der Waals surface area contributed by atoms with Gasteiger partial charge in [0.05, 0.1) is 19.9 Å². The van der Waals surface area contributed by atoms with Crippen molar-refractivity contribution >= 4 is 14.0 Å². The molecule has 21 heavy (non-hydrogen) atoms. The van der Waals surface area contributed by atoms with Crippen molar-refractivity contribution in [3.63, 3.8) is 0 Å². The molecule has 0 unspecified atom stereocenters. The molecule has 1 aromatic rings. The lowest BCUT2D eigenvalue weighted by molar-refractivity contribution is -0.138. The minimum atomic E-state index is -1.64. The van der Waals surface area contributed by atoms with Gasteiger partial charge in [0.15, 0.2) is 0 Å². The molecule has 0 bridgehead atoms. The van der Waals surface area contributed by atoms with Crippen LogP contribution in [0.15, 0.2) is 41.8 Å². The van der Waals surface area contributed by atoms with E-state index in [0.717, 1.165) is 5.76 Å². The van der Waals surface area contributed by atoms with Crippen LogP contribution in [0.25, 0.3) is 0 Å². The van der Waals surface area contributed by atoms with E-state index in [1.54, 1.807) is 0 Å². The van der Waals surface area contributed by atoms with Crippen molar-refractivity contribution in [1.29, 1.82) is 0 Å². The van der Waals surface area contributed by atoms with Crippen molar-refractivity contribution < 1.29 is 9.53 Å². The Labute approximate surface area is 129 Å². The molecule has 0 spiro atoms. The standard InChI is InChI=1S/C18H26O2Si/c1-13-16(14-10-8-7-9-11-14)15(20-17(13)19)12-21(5,6)18(2,3)4/h7-13,16H,1-6H3/b15-12-/t13-,16+/m0/s1. The molecule has 1 fully saturated rings. The number of ether oxygens (including phenoxy) is 1. The summed E-state index contributed by atoms with van der Waals surface area (Å²) in [6.07, 6.45) is 0. The smallest absolute Gasteiger partial charge is 0.314 e. The van der Waals surface area contributed by atoms with Gasteiger partial charge in [0.25, 0.3) is 0 Å². The first-order valence-electron chi connectivity index (χ1n) is 7.63. The maximum Gasteiger partial charge on any atom is 0.314 e. The number of hydrogen-bond donors (Lipinski definition) is 0. The summed E-state index contributed by atoms with van der Waals surface area (Å²) >= 11 is 0. The minimum absolute atomic E-state index is 0.0628. The van der Waals surface area contributed by atoms with Gasteiger partial charge in [-0.05, 0) is 10.6 Å². The molecule has 0 radical (unpaired) electrons.